The molecule has 0 aliphatic carbocycles. The number of halogens is 4. The molecule has 0 spiro atoms. The summed E-state index contributed by atoms with van der Waals surface area (Å²) in [5.41, 5.74) is -5.91. The SMILES string of the molecule is CSc1cc(-c2c(C(F)(F)F)n(C)c(=O)[nH]c2=O)c(F)cc1C#N. The number of H-pyrrole nitrogens is 1. The number of hydrogen-bond acceptors (Lipinski definition) is 4. The highest BCUT2D eigenvalue weighted by Crippen LogP contribution is 2.36. The van der Waals surface area contributed by atoms with Crippen LogP contribution in [-0.4, -0.2) is 15.8 Å². The molecule has 1 heterocycles. The largest absolute Gasteiger partial charge is 0.432 e. The van der Waals surface area contributed by atoms with Gasteiger partial charge in [0.2, 0.25) is 0 Å². The number of nitriles is 1. The van der Waals surface area contributed by atoms with Crippen molar-refractivity contribution in [1.82, 2.24) is 9.55 Å². The van der Waals surface area contributed by atoms with E-state index in [4.69, 9.17) is 5.26 Å². The van der Waals surface area contributed by atoms with Gasteiger partial charge in [-0.3, -0.25) is 14.3 Å². The molecule has 1 aromatic heterocycles. The molecule has 0 radical (unpaired) electrons. The van der Waals surface area contributed by atoms with Crippen molar-refractivity contribution in [2.75, 3.05) is 6.26 Å². The molecular formula is C14H9F4N3O2S. The first-order valence-corrected chi connectivity index (χ1v) is 7.52. The van der Waals surface area contributed by atoms with Gasteiger partial charge in [-0.2, -0.15) is 18.4 Å². The van der Waals surface area contributed by atoms with Gasteiger partial charge in [-0.15, -0.1) is 11.8 Å². The van der Waals surface area contributed by atoms with E-state index in [1.807, 2.05) is 0 Å². The molecule has 0 atom stereocenters. The van der Waals surface area contributed by atoms with Gasteiger partial charge in [-0.25, -0.2) is 9.18 Å². The molecule has 24 heavy (non-hydrogen) atoms. The summed E-state index contributed by atoms with van der Waals surface area (Å²) >= 11 is 1.01. The second-order valence-corrected chi connectivity index (χ2v) is 5.53. The van der Waals surface area contributed by atoms with E-state index in [1.54, 1.807) is 17.3 Å². The van der Waals surface area contributed by atoms with Gasteiger partial charge in [0.1, 0.15) is 17.6 Å². The Balaban J connectivity index is 2.99. The molecule has 0 saturated heterocycles. The summed E-state index contributed by atoms with van der Waals surface area (Å²) in [6, 6.07) is 3.47. The summed E-state index contributed by atoms with van der Waals surface area (Å²) in [5, 5.41) is 8.93. The fourth-order valence-electron chi connectivity index (χ4n) is 2.20. The normalized spacial score (nSPS) is 11.4. The second kappa shape index (κ2) is 6.16. The second-order valence-electron chi connectivity index (χ2n) is 4.68. The number of aromatic nitrogens is 2. The molecule has 2 aromatic rings. The highest BCUT2D eigenvalue weighted by Gasteiger charge is 2.39. The summed E-state index contributed by atoms with van der Waals surface area (Å²) < 4.78 is 54.4. The van der Waals surface area contributed by atoms with Crippen LogP contribution in [0, 0.1) is 17.1 Å². The van der Waals surface area contributed by atoms with E-state index in [0.29, 0.717) is 0 Å². The van der Waals surface area contributed by atoms with E-state index in [0.717, 1.165) is 30.9 Å². The molecule has 0 unspecified atom stereocenters. The molecule has 0 bridgehead atoms. The van der Waals surface area contributed by atoms with E-state index in [1.165, 1.54) is 0 Å². The highest BCUT2D eigenvalue weighted by atomic mass is 32.2. The van der Waals surface area contributed by atoms with E-state index in [-0.39, 0.29) is 15.0 Å². The predicted molar refractivity (Wildman–Crippen MR) is 79.2 cm³/mol. The molecule has 126 valence electrons. The van der Waals surface area contributed by atoms with Crippen LogP contribution < -0.4 is 11.2 Å². The van der Waals surface area contributed by atoms with Gasteiger partial charge >= 0.3 is 11.9 Å². The Morgan fingerprint density at radius 2 is 1.92 bits per heavy atom. The number of thioether (sulfide) groups is 1. The third-order valence-electron chi connectivity index (χ3n) is 3.27. The average molecular weight is 359 g/mol. The Morgan fingerprint density at radius 1 is 1.29 bits per heavy atom. The number of hydrogen-bond donors (Lipinski definition) is 1. The summed E-state index contributed by atoms with van der Waals surface area (Å²) in [5.74, 6) is -1.17. The number of nitrogens with one attached hydrogen (secondary N) is 1. The maximum atomic E-state index is 14.3. The van der Waals surface area contributed by atoms with Crippen LogP contribution in [0.5, 0.6) is 0 Å². The van der Waals surface area contributed by atoms with Crippen LogP contribution in [-0.2, 0) is 13.2 Å². The monoisotopic (exact) mass is 359 g/mol. The summed E-state index contributed by atoms with van der Waals surface area (Å²) in [6.07, 6.45) is -3.51. The number of alkyl halides is 3. The Morgan fingerprint density at radius 3 is 2.42 bits per heavy atom. The zero-order valence-electron chi connectivity index (χ0n) is 12.3. The lowest BCUT2D eigenvalue weighted by atomic mass is 10.0. The Kier molecular flexibility index (Phi) is 4.57. The maximum absolute atomic E-state index is 14.3. The topological polar surface area (TPSA) is 78.7 Å². The van der Waals surface area contributed by atoms with Crippen molar-refractivity contribution in [1.29, 1.82) is 5.26 Å². The van der Waals surface area contributed by atoms with Crippen LogP contribution >= 0.6 is 11.8 Å². The molecule has 2 rings (SSSR count). The third kappa shape index (κ3) is 2.94. The number of nitrogens with zero attached hydrogens (tertiary/aromatic N) is 2. The Hall–Kier alpha value is -2.54. The maximum Gasteiger partial charge on any atom is 0.432 e. The van der Waals surface area contributed by atoms with Crippen LogP contribution in [0.3, 0.4) is 0 Å². The van der Waals surface area contributed by atoms with Crippen LogP contribution in [0.2, 0.25) is 0 Å². The minimum atomic E-state index is -5.06. The van der Waals surface area contributed by atoms with Gasteiger partial charge in [0, 0.05) is 17.5 Å². The predicted octanol–water partition coefficient (Wildman–Crippen LogP) is 2.49. The number of benzene rings is 1. The minimum Gasteiger partial charge on any atom is -0.292 e. The zero-order chi connectivity index (χ0) is 18.2. The average Bonchev–Trinajstić information content (AvgIpc) is 2.49. The van der Waals surface area contributed by atoms with Crippen molar-refractivity contribution in [3.8, 4) is 17.2 Å². The fourth-order valence-corrected chi connectivity index (χ4v) is 2.76. The minimum absolute atomic E-state index is 0.0708. The van der Waals surface area contributed by atoms with Crippen LogP contribution in [0.15, 0.2) is 26.6 Å². The molecule has 0 saturated carbocycles. The van der Waals surface area contributed by atoms with Gasteiger partial charge in [0.15, 0.2) is 0 Å². The Bertz CT molecular complexity index is 970. The van der Waals surface area contributed by atoms with Crippen LogP contribution in [0.4, 0.5) is 17.6 Å². The molecular weight excluding hydrogens is 350 g/mol. The lowest BCUT2D eigenvalue weighted by molar-refractivity contribution is -0.143. The lowest BCUT2D eigenvalue weighted by Gasteiger charge is -2.16. The molecule has 1 aromatic carbocycles. The molecule has 1 N–H and O–H groups in total. The lowest BCUT2D eigenvalue weighted by Crippen LogP contribution is -2.35. The first kappa shape index (κ1) is 17.8. The summed E-state index contributed by atoms with van der Waals surface area (Å²) in [6.45, 7) is 0. The number of aromatic amines is 1. The molecule has 0 fully saturated rings. The zero-order valence-corrected chi connectivity index (χ0v) is 13.1. The van der Waals surface area contributed by atoms with Crippen molar-refractivity contribution in [2.24, 2.45) is 7.05 Å². The molecule has 0 aliphatic heterocycles. The Labute approximate surface area is 136 Å². The summed E-state index contributed by atoms with van der Waals surface area (Å²) in [4.78, 5) is 25.4. The van der Waals surface area contributed by atoms with E-state index < -0.39 is 40.1 Å². The number of rotatable bonds is 2. The first-order valence-electron chi connectivity index (χ1n) is 6.30. The van der Waals surface area contributed by atoms with Crippen LogP contribution in [0.25, 0.3) is 11.1 Å². The van der Waals surface area contributed by atoms with E-state index >= 15 is 0 Å². The smallest absolute Gasteiger partial charge is 0.292 e. The first-order chi connectivity index (χ1) is 11.1. The van der Waals surface area contributed by atoms with E-state index in [9.17, 15) is 27.2 Å². The van der Waals surface area contributed by atoms with Gasteiger partial charge < -0.3 is 0 Å². The quantitative estimate of drug-likeness (QED) is 0.660. The van der Waals surface area contributed by atoms with Crippen molar-refractivity contribution in [3.63, 3.8) is 0 Å². The van der Waals surface area contributed by atoms with Crippen molar-refractivity contribution < 1.29 is 17.6 Å². The van der Waals surface area contributed by atoms with Gasteiger partial charge in [0.25, 0.3) is 5.56 Å². The molecule has 5 nitrogen and oxygen atoms in total. The van der Waals surface area contributed by atoms with Crippen molar-refractivity contribution in [2.45, 2.75) is 11.1 Å². The van der Waals surface area contributed by atoms with Gasteiger partial charge in [-0.05, 0) is 18.4 Å². The standard InChI is InChI=1S/C14H9F4N3O2S/c1-21-11(14(16,17)18)10(12(22)20-13(21)23)7-4-9(24-2)6(5-19)3-8(7)15/h3-4H,1-2H3,(H,20,22,23). The van der Waals surface area contributed by atoms with E-state index in [2.05, 4.69) is 0 Å². The van der Waals surface area contributed by atoms with Crippen LogP contribution in [0.1, 0.15) is 11.3 Å². The van der Waals surface area contributed by atoms with Crippen molar-refractivity contribution >= 4 is 11.8 Å². The van der Waals surface area contributed by atoms with Gasteiger partial charge in [0.05, 0.1) is 11.1 Å². The molecule has 0 amide bonds. The summed E-state index contributed by atoms with van der Waals surface area (Å²) in [7, 11) is 0.821. The molecule has 0 aliphatic rings. The van der Waals surface area contributed by atoms with Gasteiger partial charge in [-0.1, -0.05) is 0 Å². The molecule has 10 heteroatoms. The highest BCUT2D eigenvalue weighted by molar-refractivity contribution is 7.98. The third-order valence-corrected chi connectivity index (χ3v) is 4.05. The van der Waals surface area contributed by atoms with Crippen molar-refractivity contribution in [3.05, 3.63) is 50.0 Å². The fraction of sp³-hybridized carbons (Fsp3) is 0.214.